The van der Waals surface area contributed by atoms with E-state index in [0.717, 1.165) is 31.0 Å². The molecule has 0 saturated carbocycles. The van der Waals surface area contributed by atoms with Crippen LogP contribution in [0, 0.1) is 0 Å². The molecule has 0 aliphatic carbocycles. The molecule has 0 aromatic carbocycles. The van der Waals surface area contributed by atoms with Crippen LogP contribution in [0.4, 0.5) is 4.39 Å². The van der Waals surface area contributed by atoms with Crippen LogP contribution in [0.25, 0.3) is 0 Å². The molecule has 3 rings (SSSR count). The molecule has 2 unspecified atom stereocenters. The van der Waals surface area contributed by atoms with Crippen molar-refractivity contribution >= 4 is 22.7 Å². The Morgan fingerprint density at radius 2 is 2.30 bits per heavy atom. The number of rotatable bonds is 0. The zero-order valence-corrected chi connectivity index (χ0v) is 12.2. The maximum absolute atomic E-state index is 13.7. The van der Waals surface area contributed by atoms with Crippen molar-refractivity contribution in [3.63, 3.8) is 0 Å². The number of piperidine rings is 1. The van der Waals surface area contributed by atoms with Gasteiger partial charge in [-0.3, -0.25) is 4.90 Å². The van der Waals surface area contributed by atoms with Gasteiger partial charge in [0.2, 0.25) is 5.96 Å². The van der Waals surface area contributed by atoms with Crippen LogP contribution in [-0.4, -0.2) is 46.2 Å². The van der Waals surface area contributed by atoms with Crippen LogP contribution in [0.3, 0.4) is 0 Å². The van der Waals surface area contributed by atoms with E-state index in [1.807, 2.05) is 22.1 Å². The lowest BCUT2D eigenvalue weighted by Crippen LogP contribution is -2.48. The van der Waals surface area contributed by atoms with E-state index in [0.29, 0.717) is 18.1 Å². The van der Waals surface area contributed by atoms with Crippen molar-refractivity contribution in [1.29, 1.82) is 0 Å². The molecule has 6 heteroatoms. The van der Waals surface area contributed by atoms with Gasteiger partial charge in [-0.2, -0.15) is 0 Å². The molecular formula is C14H18ClFN4. The molecule has 1 saturated heterocycles. The van der Waals surface area contributed by atoms with Gasteiger partial charge in [0.1, 0.15) is 6.17 Å². The van der Waals surface area contributed by atoms with E-state index in [1.165, 1.54) is 0 Å². The Bertz CT molecular complexity index is 511. The highest BCUT2D eigenvalue weighted by atomic mass is 35.5. The third kappa shape index (κ3) is 2.59. The number of guanidine groups is 1. The first-order valence-electron chi connectivity index (χ1n) is 7.01. The van der Waals surface area contributed by atoms with Gasteiger partial charge in [0.05, 0.1) is 18.3 Å². The summed E-state index contributed by atoms with van der Waals surface area (Å²) < 4.78 is 13.7. The number of alkyl halides is 1. The molecule has 0 aromatic heterocycles. The number of aliphatic imine (C=N–C) groups is 2. The molecule has 4 nitrogen and oxygen atoms in total. The lowest BCUT2D eigenvalue weighted by atomic mass is 10.1. The van der Waals surface area contributed by atoms with E-state index >= 15 is 0 Å². The third-order valence-corrected chi connectivity index (χ3v) is 4.02. The quantitative estimate of drug-likeness (QED) is 0.688. The topological polar surface area (TPSA) is 31.2 Å². The Kier molecular flexibility index (Phi) is 3.78. The lowest BCUT2D eigenvalue weighted by molar-refractivity contribution is 0.187. The van der Waals surface area contributed by atoms with Gasteiger partial charge in [-0.05, 0) is 26.2 Å². The van der Waals surface area contributed by atoms with Crippen LogP contribution in [0.1, 0.15) is 26.2 Å². The second-order valence-corrected chi connectivity index (χ2v) is 5.73. The summed E-state index contributed by atoms with van der Waals surface area (Å²) in [5.41, 5.74) is 0.846. The molecule has 1 fully saturated rings. The van der Waals surface area contributed by atoms with E-state index in [9.17, 15) is 4.39 Å². The summed E-state index contributed by atoms with van der Waals surface area (Å²) in [5.74, 6) is 0.785. The largest absolute Gasteiger partial charge is 0.339 e. The van der Waals surface area contributed by atoms with Crippen molar-refractivity contribution in [2.75, 3.05) is 13.1 Å². The standard InChI is InChI=1S/C14H18ClFN4/c1-10-4-5-12-13(15)17-6-8-20(12)14(18-10)19-7-2-3-11(16)9-19/h5-6,8,10-11H,2-4,7,9H2,1H3. The summed E-state index contributed by atoms with van der Waals surface area (Å²) in [4.78, 5) is 12.8. The van der Waals surface area contributed by atoms with Crippen molar-refractivity contribution in [1.82, 2.24) is 9.80 Å². The minimum atomic E-state index is -0.782. The van der Waals surface area contributed by atoms with Crippen LogP contribution in [0.2, 0.25) is 0 Å². The zero-order chi connectivity index (χ0) is 14.1. The Labute approximate surface area is 123 Å². The molecule has 3 aliphatic rings. The molecule has 0 N–H and O–H groups in total. The van der Waals surface area contributed by atoms with Gasteiger partial charge in [0.15, 0.2) is 5.17 Å². The fourth-order valence-electron chi connectivity index (χ4n) is 2.70. The Morgan fingerprint density at radius 1 is 1.45 bits per heavy atom. The van der Waals surface area contributed by atoms with Crippen LogP contribution in [0.15, 0.2) is 34.2 Å². The second kappa shape index (κ2) is 5.56. The number of hydrogen-bond acceptors (Lipinski definition) is 4. The maximum Gasteiger partial charge on any atom is 0.205 e. The van der Waals surface area contributed by atoms with E-state index < -0.39 is 6.17 Å². The average molecular weight is 297 g/mol. The van der Waals surface area contributed by atoms with Gasteiger partial charge < -0.3 is 4.90 Å². The summed E-state index contributed by atoms with van der Waals surface area (Å²) in [6.45, 7) is 3.29. The summed E-state index contributed by atoms with van der Waals surface area (Å²) in [5, 5.41) is 0.461. The summed E-state index contributed by atoms with van der Waals surface area (Å²) in [6.07, 6.45) is 7.07. The molecule has 108 valence electrons. The SMILES string of the molecule is CC1CC=C2C(Cl)=NC=CN2C(N2CCCC(F)C2)=N1. The van der Waals surface area contributed by atoms with Crippen molar-refractivity contribution in [2.24, 2.45) is 9.98 Å². The zero-order valence-electron chi connectivity index (χ0n) is 11.5. The van der Waals surface area contributed by atoms with Crippen molar-refractivity contribution in [2.45, 2.75) is 38.4 Å². The van der Waals surface area contributed by atoms with Gasteiger partial charge in [0.25, 0.3) is 0 Å². The van der Waals surface area contributed by atoms with Crippen LogP contribution < -0.4 is 0 Å². The van der Waals surface area contributed by atoms with Crippen molar-refractivity contribution in [3.8, 4) is 0 Å². The predicted molar refractivity (Wildman–Crippen MR) is 79.6 cm³/mol. The number of halogens is 2. The summed E-state index contributed by atoms with van der Waals surface area (Å²) in [7, 11) is 0. The molecule has 3 heterocycles. The van der Waals surface area contributed by atoms with Gasteiger partial charge >= 0.3 is 0 Å². The lowest BCUT2D eigenvalue weighted by Gasteiger charge is -2.37. The highest BCUT2D eigenvalue weighted by Gasteiger charge is 2.30. The summed E-state index contributed by atoms with van der Waals surface area (Å²) in [6, 6.07) is 0.154. The fraction of sp³-hybridized carbons (Fsp3) is 0.571. The third-order valence-electron chi connectivity index (χ3n) is 3.72. The molecule has 0 spiro atoms. The first-order chi connectivity index (χ1) is 9.65. The number of hydrogen-bond donors (Lipinski definition) is 0. The highest BCUT2D eigenvalue weighted by molar-refractivity contribution is 6.69. The number of nitrogens with zero attached hydrogens (tertiary/aromatic N) is 4. The Hall–Kier alpha value is -1.36. The fourth-order valence-corrected chi connectivity index (χ4v) is 2.93. The van der Waals surface area contributed by atoms with E-state index in [2.05, 4.69) is 11.9 Å². The second-order valence-electron chi connectivity index (χ2n) is 5.38. The van der Waals surface area contributed by atoms with Crippen LogP contribution in [0.5, 0.6) is 0 Å². The van der Waals surface area contributed by atoms with Crippen LogP contribution in [-0.2, 0) is 0 Å². The molecule has 0 bridgehead atoms. The highest BCUT2D eigenvalue weighted by Crippen LogP contribution is 2.25. The van der Waals surface area contributed by atoms with E-state index in [1.54, 1.807) is 6.20 Å². The van der Waals surface area contributed by atoms with Crippen molar-refractivity contribution < 1.29 is 4.39 Å². The normalized spacial score (nSPS) is 30.2. The average Bonchev–Trinajstić information content (AvgIpc) is 2.60. The maximum atomic E-state index is 13.7. The summed E-state index contributed by atoms with van der Waals surface area (Å²) >= 11 is 6.18. The molecule has 20 heavy (non-hydrogen) atoms. The van der Waals surface area contributed by atoms with Crippen LogP contribution >= 0.6 is 11.6 Å². The van der Waals surface area contributed by atoms with E-state index in [-0.39, 0.29) is 6.04 Å². The number of allylic oxidation sites excluding steroid dienone is 1. The molecule has 0 amide bonds. The molecular weight excluding hydrogens is 279 g/mol. The van der Waals surface area contributed by atoms with E-state index in [4.69, 9.17) is 16.6 Å². The predicted octanol–water partition coefficient (Wildman–Crippen LogP) is 2.88. The first-order valence-corrected chi connectivity index (χ1v) is 7.39. The van der Waals surface area contributed by atoms with Gasteiger partial charge in [0, 0.05) is 18.9 Å². The first kappa shape index (κ1) is 13.6. The van der Waals surface area contributed by atoms with Gasteiger partial charge in [-0.15, -0.1) is 0 Å². The van der Waals surface area contributed by atoms with Gasteiger partial charge in [-0.1, -0.05) is 17.7 Å². The molecule has 3 aliphatic heterocycles. The minimum Gasteiger partial charge on any atom is -0.339 e. The number of fused-ring (bicyclic) bond motifs is 1. The number of likely N-dealkylation sites (tertiary alicyclic amines) is 1. The Morgan fingerprint density at radius 3 is 3.10 bits per heavy atom. The van der Waals surface area contributed by atoms with Crippen molar-refractivity contribution in [3.05, 3.63) is 24.2 Å². The molecule has 0 radical (unpaired) electrons. The molecule has 0 aromatic rings. The monoisotopic (exact) mass is 296 g/mol. The Balaban J connectivity index is 1.93. The minimum absolute atomic E-state index is 0.154. The smallest absolute Gasteiger partial charge is 0.205 e. The molecule has 2 atom stereocenters. The van der Waals surface area contributed by atoms with Gasteiger partial charge in [-0.25, -0.2) is 14.4 Å².